The smallest absolute Gasteiger partial charge is 0.433 e. The molecule has 4 aliphatic rings. The number of nitrogens with zero attached hydrogens (tertiary/aromatic N) is 7. The molecule has 0 saturated carbocycles. The van der Waals surface area contributed by atoms with Gasteiger partial charge in [0.15, 0.2) is 0 Å². The summed E-state index contributed by atoms with van der Waals surface area (Å²) < 4.78 is 52.5. The van der Waals surface area contributed by atoms with E-state index in [-0.39, 0.29) is 41.9 Å². The maximum absolute atomic E-state index is 13.7. The number of piperidine rings is 3. The molecular formula is C43H50F3N9O6. The van der Waals surface area contributed by atoms with Gasteiger partial charge in [0, 0.05) is 75.4 Å². The van der Waals surface area contributed by atoms with Crippen molar-refractivity contribution >= 4 is 46.0 Å². The number of carbonyl (C=O) groups excluding carboxylic acids is 4. The Hall–Kier alpha value is -5.75. The van der Waals surface area contributed by atoms with Gasteiger partial charge in [-0.2, -0.15) is 18.3 Å². The van der Waals surface area contributed by atoms with Crippen LogP contribution in [0.5, 0.6) is 11.5 Å². The van der Waals surface area contributed by atoms with Crippen molar-refractivity contribution in [2.45, 2.75) is 57.2 Å². The Balaban J connectivity index is 0.789. The first-order valence-corrected chi connectivity index (χ1v) is 20.8. The highest BCUT2D eigenvalue weighted by molar-refractivity contribution is 6.07. The topological polar surface area (TPSA) is 154 Å². The molecule has 0 aliphatic carbocycles. The van der Waals surface area contributed by atoms with Crippen LogP contribution in [0.1, 0.15) is 77.5 Å². The van der Waals surface area contributed by atoms with Gasteiger partial charge >= 0.3 is 12.2 Å². The molecule has 8 rings (SSSR count). The Labute approximate surface area is 351 Å². The number of amides is 5. The van der Waals surface area contributed by atoms with Gasteiger partial charge in [0.05, 0.1) is 37.2 Å². The summed E-state index contributed by atoms with van der Waals surface area (Å²) in [5, 5.41) is 10.6. The number of anilines is 2. The number of nitrogens with one attached hydrogen (secondary N) is 2. The summed E-state index contributed by atoms with van der Waals surface area (Å²) in [5.41, 5.74) is 0.695. The van der Waals surface area contributed by atoms with Crippen LogP contribution in [0, 0.1) is 5.41 Å². The van der Waals surface area contributed by atoms with Gasteiger partial charge in [-0.05, 0) is 93.4 Å². The van der Waals surface area contributed by atoms with Crippen molar-refractivity contribution in [2.24, 2.45) is 5.41 Å². The van der Waals surface area contributed by atoms with E-state index < -0.39 is 23.8 Å². The number of pyridine rings is 1. The van der Waals surface area contributed by atoms with Crippen LogP contribution in [0.2, 0.25) is 0 Å². The Morgan fingerprint density at radius 3 is 2.23 bits per heavy atom. The molecule has 4 aliphatic heterocycles. The van der Waals surface area contributed by atoms with E-state index >= 15 is 0 Å². The number of likely N-dealkylation sites (tertiary alicyclic amines) is 3. The number of hydrogen-bond acceptors (Lipinski definition) is 10. The molecule has 2 aromatic carbocycles. The molecule has 18 heteroatoms. The van der Waals surface area contributed by atoms with E-state index in [2.05, 4.69) is 25.4 Å². The molecule has 15 nitrogen and oxygen atoms in total. The molecule has 0 atom stereocenters. The second kappa shape index (κ2) is 17.3. The predicted octanol–water partition coefficient (Wildman–Crippen LogP) is 5.82. The van der Waals surface area contributed by atoms with Gasteiger partial charge in [0.1, 0.15) is 22.9 Å². The van der Waals surface area contributed by atoms with Crippen molar-refractivity contribution in [3.63, 3.8) is 0 Å². The molecule has 2 aromatic heterocycles. The van der Waals surface area contributed by atoms with Gasteiger partial charge in [-0.15, -0.1) is 0 Å². The Kier molecular flexibility index (Phi) is 11.9. The van der Waals surface area contributed by atoms with Crippen molar-refractivity contribution in [3.8, 4) is 11.5 Å². The summed E-state index contributed by atoms with van der Waals surface area (Å²) in [5.74, 6) is -0.373. The average Bonchev–Trinajstić information content (AvgIpc) is 3.68. The molecule has 4 saturated heterocycles. The molecule has 6 heterocycles. The normalized spacial score (nSPS) is 19.3. The first-order chi connectivity index (χ1) is 29.3. The van der Waals surface area contributed by atoms with Crippen molar-refractivity contribution in [2.75, 3.05) is 83.3 Å². The maximum atomic E-state index is 13.7. The molecule has 2 N–H and O–H groups in total. The van der Waals surface area contributed by atoms with Crippen LogP contribution in [0.4, 0.5) is 29.3 Å². The van der Waals surface area contributed by atoms with Gasteiger partial charge in [-0.1, -0.05) is 6.07 Å². The highest BCUT2D eigenvalue weighted by atomic mass is 19.4. The third kappa shape index (κ3) is 9.15. The predicted molar refractivity (Wildman–Crippen MR) is 220 cm³/mol. The number of carbonyl (C=O) groups is 4. The second-order valence-corrected chi connectivity index (χ2v) is 16.4. The zero-order valence-corrected chi connectivity index (χ0v) is 34.3. The monoisotopic (exact) mass is 845 g/mol. The van der Waals surface area contributed by atoms with E-state index in [1.165, 1.54) is 25.2 Å². The molecule has 4 fully saturated rings. The summed E-state index contributed by atoms with van der Waals surface area (Å²) in [6, 6.07) is 11.4. The molecule has 0 unspecified atom stereocenters. The lowest BCUT2D eigenvalue weighted by Crippen LogP contribution is -2.50. The van der Waals surface area contributed by atoms with Crippen LogP contribution in [-0.4, -0.2) is 126 Å². The molecule has 0 radical (unpaired) electrons. The summed E-state index contributed by atoms with van der Waals surface area (Å²) >= 11 is 0. The standard InChI is InChI=1S/C43H50F3N9O6/c1-60-35-7-6-28(25-34(35)54-17-10-38(56)49-41(54)59)40(58)53-20-13-42(14-21-53)11-18-52(19-12-42)23-22-51-15-8-30(9-16-51)55-27-29-24-33(36(61-2)26-32(29)50-55)48-39(57)31-4-3-5-37(47-31)43(44,45)46/h3-7,24-27,30H,8-23H2,1-2H3,(H,48,57)(H,49,56,59). The van der Waals surface area contributed by atoms with Gasteiger partial charge in [0.25, 0.3) is 11.8 Å². The van der Waals surface area contributed by atoms with Crippen LogP contribution >= 0.6 is 0 Å². The fourth-order valence-electron chi connectivity index (χ4n) is 9.07. The summed E-state index contributed by atoms with van der Waals surface area (Å²) in [7, 11) is 2.97. The first-order valence-electron chi connectivity index (χ1n) is 20.8. The lowest BCUT2D eigenvalue weighted by Gasteiger charge is -2.47. The summed E-state index contributed by atoms with van der Waals surface area (Å²) in [4.78, 5) is 62.7. The van der Waals surface area contributed by atoms with Crippen molar-refractivity contribution in [3.05, 3.63) is 71.7 Å². The van der Waals surface area contributed by atoms with E-state index in [9.17, 15) is 32.3 Å². The molecule has 5 amide bonds. The number of ether oxygens (including phenoxy) is 2. The number of fused-ring (bicyclic) bond motifs is 1. The second-order valence-electron chi connectivity index (χ2n) is 16.4. The number of methoxy groups -OCH3 is 2. The first kappa shape index (κ1) is 42.0. The number of hydrogen-bond donors (Lipinski definition) is 2. The van der Waals surface area contributed by atoms with Crippen LogP contribution in [0.3, 0.4) is 0 Å². The average molecular weight is 846 g/mol. The SMILES string of the molecule is COc1cc2nn(C3CCN(CCN4CCC5(CC4)CCN(C(=O)c4ccc(OC)c(N6CCC(=O)NC6=O)c4)CC5)CC3)cc2cc1NC(=O)c1cccc(C(F)(F)F)n1. The summed E-state index contributed by atoms with van der Waals surface area (Å²) in [6.07, 6.45) is 3.45. The Bertz CT molecular complexity index is 2290. The van der Waals surface area contributed by atoms with Gasteiger partial charge in [-0.3, -0.25) is 29.3 Å². The number of alkyl halides is 3. The zero-order valence-electron chi connectivity index (χ0n) is 34.3. The van der Waals surface area contributed by atoms with E-state index in [0.29, 0.717) is 47.0 Å². The minimum absolute atomic E-state index is 0.0675. The molecule has 61 heavy (non-hydrogen) atoms. The van der Waals surface area contributed by atoms with Crippen molar-refractivity contribution < 1.29 is 41.8 Å². The highest BCUT2D eigenvalue weighted by Gasteiger charge is 2.39. The van der Waals surface area contributed by atoms with E-state index in [4.69, 9.17) is 14.6 Å². The lowest BCUT2D eigenvalue weighted by atomic mass is 9.71. The van der Waals surface area contributed by atoms with Crippen molar-refractivity contribution in [1.82, 2.24) is 34.8 Å². The van der Waals surface area contributed by atoms with Crippen molar-refractivity contribution in [1.29, 1.82) is 0 Å². The quantitative estimate of drug-likeness (QED) is 0.200. The number of urea groups is 1. The third-order valence-electron chi connectivity index (χ3n) is 12.8. The number of benzene rings is 2. The van der Waals surface area contributed by atoms with E-state index in [1.807, 2.05) is 15.8 Å². The van der Waals surface area contributed by atoms with E-state index in [1.54, 1.807) is 30.3 Å². The lowest BCUT2D eigenvalue weighted by molar-refractivity contribution is -0.141. The fourth-order valence-corrected chi connectivity index (χ4v) is 9.07. The Morgan fingerprint density at radius 2 is 1.56 bits per heavy atom. The van der Waals surface area contributed by atoms with Gasteiger partial charge in [0.2, 0.25) is 5.91 Å². The number of aromatic nitrogens is 3. The van der Waals surface area contributed by atoms with Crippen LogP contribution in [-0.2, 0) is 11.0 Å². The minimum atomic E-state index is -4.67. The molecule has 4 aromatic rings. The number of imide groups is 1. The molecule has 0 bridgehead atoms. The van der Waals surface area contributed by atoms with Crippen LogP contribution < -0.4 is 25.0 Å². The highest BCUT2D eigenvalue weighted by Crippen LogP contribution is 2.42. The third-order valence-corrected chi connectivity index (χ3v) is 12.8. The fraction of sp³-hybridized carbons (Fsp3) is 0.488. The van der Waals surface area contributed by atoms with Gasteiger partial charge < -0.3 is 29.5 Å². The molecular weight excluding hydrogens is 796 g/mol. The van der Waals surface area contributed by atoms with E-state index in [0.717, 1.165) is 95.3 Å². The van der Waals surface area contributed by atoms with Gasteiger partial charge in [-0.25, -0.2) is 9.78 Å². The number of halogens is 3. The Morgan fingerprint density at radius 1 is 0.869 bits per heavy atom. The zero-order chi connectivity index (χ0) is 42.9. The largest absolute Gasteiger partial charge is 0.495 e. The number of rotatable bonds is 10. The van der Waals surface area contributed by atoms with Crippen LogP contribution in [0.15, 0.2) is 54.7 Å². The van der Waals surface area contributed by atoms with Crippen LogP contribution in [0.25, 0.3) is 10.9 Å². The molecule has 1 spiro atoms. The minimum Gasteiger partial charge on any atom is -0.495 e. The maximum Gasteiger partial charge on any atom is 0.433 e. The molecule has 324 valence electrons. The summed E-state index contributed by atoms with van der Waals surface area (Å²) in [6.45, 7) is 7.54.